The first-order valence-electron chi connectivity index (χ1n) is 15.7. The summed E-state index contributed by atoms with van der Waals surface area (Å²) in [4.78, 5) is 43.0. The molecule has 0 saturated heterocycles. The van der Waals surface area contributed by atoms with E-state index in [4.69, 9.17) is 9.47 Å². The Morgan fingerprint density at radius 1 is 1.09 bits per heavy atom. The fourth-order valence-corrected chi connectivity index (χ4v) is 5.16. The third-order valence-electron chi connectivity index (χ3n) is 7.76. The highest BCUT2D eigenvalue weighted by Crippen LogP contribution is 2.28. The average molecular weight is 611 g/mol. The van der Waals surface area contributed by atoms with Gasteiger partial charge in [0.05, 0.1) is 36.8 Å². The lowest BCUT2D eigenvalue weighted by molar-refractivity contribution is -0.115. The lowest BCUT2D eigenvalue weighted by Gasteiger charge is -2.36. The molecule has 4 atom stereocenters. The number of urea groups is 1. The molecular weight excluding hydrogens is 560 g/mol. The van der Waals surface area contributed by atoms with Crippen LogP contribution in [0.4, 0.5) is 10.5 Å². The number of anilines is 1. The first-order valence-corrected chi connectivity index (χ1v) is 15.7. The standard InChI is InChI=1S/C34H50N4O6/c1-23(2)35-34(42)37(6)21-31-24(3)20-38(25(4)22-39)33(41)29-19-28(36-32(40)18-27-13-8-7-9-14-27)15-16-30(29)44-26(5)12-10-11-17-43-31/h7-9,13-16,19,23-26,31,39H,10-12,17-18,20-22H2,1-6H3,(H,35,42)(H,36,40)/t24-,25+,26+,31+/m0/s1. The van der Waals surface area contributed by atoms with Crippen molar-refractivity contribution in [2.24, 2.45) is 5.92 Å². The normalized spacial score (nSPS) is 20.6. The van der Waals surface area contributed by atoms with Crippen molar-refractivity contribution in [2.75, 3.05) is 38.7 Å². The van der Waals surface area contributed by atoms with Crippen molar-refractivity contribution >= 4 is 23.5 Å². The summed E-state index contributed by atoms with van der Waals surface area (Å²) in [6.45, 7) is 10.5. The topological polar surface area (TPSA) is 120 Å². The highest BCUT2D eigenvalue weighted by molar-refractivity contribution is 6.00. The molecule has 4 amide bonds. The minimum Gasteiger partial charge on any atom is -0.490 e. The number of benzene rings is 2. The molecule has 242 valence electrons. The molecule has 0 unspecified atom stereocenters. The molecule has 0 aliphatic carbocycles. The second-order valence-corrected chi connectivity index (χ2v) is 12.2. The van der Waals surface area contributed by atoms with Crippen molar-refractivity contribution in [1.29, 1.82) is 0 Å². The van der Waals surface area contributed by atoms with Gasteiger partial charge in [-0.1, -0.05) is 37.3 Å². The van der Waals surface area contributed by atoms with E-state index < -0.39 is 6.04 Å². The summed E-state index contributed by atoms with van der Waals surface area (Å²) in [5.41, 5.74) is 1.68. The van der Waals surface area contributed by atoms with Crippen LogP contribution < -0.4 is 15.4 Å². The summed E-state index contributed by atoms with van der Waals surface area (Å²) in [5, 5.41) is 16.0. The molecule has 10 nitrogen and oxygen atoms in total. The SMILES string of the molecule is CC(C)NC(=O)N(C)C[C@H]1OCCCC[C@@H](C)Oc2ccc(NC(=O)Cc3ccccc3)cc2C(=O)N([C@H](C)CO)C[C@@H]1C. The summed E-state index contributed by atoms with van der Waals surface area (Å²) < 4.78 is 12.6. The van der Waals surface area contributed by atoms with Gasteiger partial charge in [-0.15, -0.1) is 0 Å². The minimum atomic E-state index is -0.498. The number of aliphatic hydroxyl groups excluding tert-OH is 1. The van der Waals surface area contributed by atoms with Gasteiger partial charge in [-0.05, 0) is 70.7 Å². The lowest BCUT2D eigenvalue weighted by Crippen LogP contribution is -2.49. The molecule has 3 N–H and O–H groups in total. The van der Waals surface area contributed by atoms with Crippen molar-refractivity contribution in [2.45, 2.75) is 84.6 Å². The second kappa shape index (κ2) is 17.0. The molecule has 0 radical (unpaired) electrons. The maximum absolute atomic E-state index is 14.3. The van der Waals surface area contributed by atoms with Crippen LogP contribution in [-0.2, 0) is 16.0 Å². The van der Waals surface area contributed by atoms with Gasteiger partial charge >= 0.3 is 6.03 Å². The Labute approximate surface area is 262 Å². The number of aliphatic hydroxyl groups is 1. The van der Waals surface area contributed by atoms with Crippen molar-refractivity contribution < 1.29 is 29.0 Å². The molecule has 1 heterocycles. The Hall–Kier alpha value is -3.63. The minimum absolute atomic E-state index is 0.00286. The zero-order chi connectivity index (χ0) is 32.2. The Balaban J connectivity index is 1.91. The number of nitrogens with zero attached hydrogens (tertiary/aromatic N) is 2. The van der Waals surface area contributed by atoms with Crippen molar-refractivity contribution in [3.8, 4) is 5.75 Å². The van der Waals surface area contributed by atoms with E-state index in [1.807, 2.05) is 58.0 Å². The summed E-state index contributed by atoms with van der Waals surface area (Å²) >= 11 is 0. The number of rotatable bonds is 8. The van der Waals surface area contributed by atoms with Gasteiger partial charge in [0.1, 0.15) is 5.75 Å². The Kier molecular flexibility index (Phi) is 13.5. The number of likely N-dealkylation sites (N-methyl/N-ethyl adjacent to an activating group) is 1. The number of nitrogens with one attached hydrogen (secondary N) is 2. The van der Waals surface area contributed by atoms with Gasteiger partial charge in [0.2, 0.25) is 5.91 Å². The zero-order valence-electron chi connectivity index (χ0n) is 27.0. The quantitative estimate of drug-likeness (QED) is 0.398. The third-order valence-corrected chi connectivity index (χ3v) is 7.76. The molecule has 2 aromatic rings. The fourth-order valence-electron chi connectivity index (χ4n) is 5.16. The Morgan fingerprint density at radius 2 is 1.82 bits per heavy atom. The van der Waals surface area contributed by atoms with Gasteiger partial charge in [0.25, 0.3) is 5.91 Å². The third kappa shape index (κ3) is 10.5. The van der Waals surface area contributed by atoms with E-state index in [1.165, 1.54) is 0 Å². The first kappa shape index (κ1) is 34.9. The summed E-state index contributed by atoms with van der Waals surface area (Å²) in [6.07, 6.45) is 2.17. The fraction of sp³-hybridized carbons (Fsp3) is 0.559. The van der Waals surface area contributed by atoms with Crippen LogP contribution in [0.3, 0.4) is 0 Å². The van der Waals surface area contributed by atoms with E-state index in [1.54, 1.807) is 42.0 Å². The van der Waals surface area contributed by atoms with Crippen LogP contribution in [0.5, 0.6) is 5.75 Å². The van der Waals surface area contributed by atoms with E-state index in [9.17, 15) is 19.5 Å². The summed E-state index contributed by atoms with van der Waals surface area (Å²) in [7, 11) is 1.74. The van der Waals surface area contributed by atoms with Crippen LogP contribution in [0.15, 0.2) is 48.5 Å². The molecule has 0 fully saturated rings. The molecule has 1 aliphatic heterocycles. The Morgan fingerprint density at radius 3 is 2.50 bits per heavy atom. The summed E-state index contributed by atoms with van der Waals surface area (Å²) in [5.74, 6) is -0.247. The van der Waals surface area contributed by atoms with Gasteiger partial charge in [0, 0.05) is 44.4 Å². The number of carbonyl (C=O) groups is 3. The highest BCUT2D eigenvalue weighted by Gasteiger charge is 2.31. The molecule has 0 spiro atoms. The van der Waals surface area contributed by atoms with Crippen LogP contribution >= 0.6 is 0 Å². The predicted molar refractivity (Wildman–Crippen MR) is 172 cm³/mol. The largest absolute Gasteiger partial charge is 0.490 e. The highest BCUT2D eigenvalue weighted by atomic mass is 16.5. The molecule has 0 aromatic heterocycles. The van der Waals surface area contributed by atoms with Crippen LogP contribution in [0, 0.1) is 5.92 Å². The molecule has 3 rings (SSSR count). The van der Waals surface area contributed by atoms with Crippen molar-refractivity contribution in [3.63, 3.8) is 0 Å². The summed E-state index contributed by atoms with van der Waals surface area (Å²) in [6, 6.07) is 13.9. The van der Waals surface area contributed by atoms with Crippen LogP contribution in [0.2, 0.25) is 0 Å². The maximum Gasteiger partial charge on any atom is 0.317 e. The van der Waals surface area contributed by atoms with Crippen LogP contribution in [-0.4, -0.2) is 90.4 Å². The molecule has 0 bridgehead atoms. The molecular formula is C34H50N4O6. The Bertz CT molecular complexity index is 1220. The molecule has 2 aromatic carbocycles. The lowest BCUT2D eigenvalue weighted by atomic mass is 10.0. The number of ether oxygens (including phenoxy) is 2. The van der Waals surface area contributed by atoms with E-state index in [-0.39, 0.29) is 61.6 Å². The van der Waals surface area contributed by atoms with Crippen LogP contribution in [0.1, 0.15) is 69.8 Å². The van der Waals surface area contributed by atoms with Crippen molar-refractivity contribution in [3.05, 3.63) is 59.7 Å². The zero-order valence-corrected chi connectivity index (χ0v) is 27.0. The monoisotopic (exact) mass is 610 g/mol. The van der Waals surface area contributed by atoms with E-state index in [2.05, 4.69) is 10.6 Å². The number of carbonyl (C=O) groups excluding carboxylic acids is 3. The van der Waals surface area contributed by atoms with Gasteiger partial charge in [-0.3, -0.25) is 9.59 Å². The number of hydrogen-bond donors (Lipinski definition) is 3. The van der Waals surface area contributed by atoms with Crippen LogP contribution in [0.25, 0.3) is 0 Å². The van der Waals surface area contributed by atoms with Gasteiger partial charge in [0.15, 0.2) is 0 Å². The smallest absolute Gasteiger partial charge is 0.317 e. The van der Waals surface area contributed by atoms with E-state index in [0.717, 1.165) is 24.8 Å². The van der Waals surface area contributed by atoms with Crippen molar-refractivity contribution in [1.82, 2.24) is 15.1 Å². The molecule has 10 heteroatoms. The molecule has 1 aliphatic rings. The first-order chi connectivity index (χ1) is 21.0. The maximum atomic E-state index is 14.3. The van der Waals surface area contributed by atoms with Gasteiger partial charge in [-0.25, -0.2) is 4.79 Å². The number of hydrogen-bond acceptors (Lipinski definition) is 6. The molecule has 44 heavy (non-hydrogen) atoms. The number of fused-ring (bicyclic) bond motifs is 1. The van der Waals surface area contributed by atoms with Gasteiger partial charge < -0.3 is 35.0 Å². The number of amides is 4. The van der Waals surface area contributed by atoms with E-state index >= 15 is 0 Å². The second-order valence-electron chi connectivity index (χ2n) is 12.2. The predicted octanol–water partition coefficient (Wildman–Crippen LogP) is 4.71. The molecule has 0 saturated carbocycles. The van der Waals surface area contributed by atoms with Gasteiger partial charge in [-0.2, -0.15) is 0 Å². The van der Waals surface area contributed by atoms with E-state index in [0.29, 0.717) is 30.2 Å². The average Bonchev–Trinajstić information content (AvgIpc) is 2.98.